The number of anilines is 3. The molecular formula is C17H15Cl2N5O. The number of hydrogen-bond acceptors (Lipinski definition) is 6. The molecule has 3 aromatic rings. The Morgan fingerprint density at radius 2 is 1.92 bits per heavy atom. The average molecular weight is 376 g/mol. The van der Waals surface area contributed by atoms with Gasteiger partial charge in [0.05, 0.1) is 23.4 Å². The van der Waals surface area contributed by atoms with E-state index in [4.69, 9.17) is 27.9 Å². The van der Waals surface area contributed by atoms with Crippen molar-refractivity contribution in [3.05, 3.63) is 64.3 Å². The Labute approximate surface area is 155 Å². The molecule has 0 saturated carbocycles. The highest BCUT2D eigenvalue weighted by atomic mass is 35.5. The lowest BCUT2D eigenvalue weighted by atomic mass is 10.2. The maximum absolute atomic E-state index is 6.00. The number of ether oxygens (including phenoxy) is 1. The first-order chi connectivity index (χ1) is 12.2. The van der Waals surface area contributed by atoms with E-state index in [2.05, 4.69) is 25.8 Å². The van der Waals surface area contributed by atoms with Gasteiger partial charge in [-0.05, 0) is 24.3 Å². The third-order valence-electron chi connectivity index (χ3n) is 3.39. The minimum atomic E-state index is 0.350. The second-order valence-electron chi connectivity index (χ2n) is 5.08. The second kappa shape index (κ2) is 8.00. The lowest BCUT2D eigenvalue weighted by Gasteiger charge is -2.10. The molecule has 0 saturated heterocycles. The average Bonchev–Trinajstić information content (AvgIpc) is 2.63. The lowest BCUT2D eigenvalue weighted by molar-refractivity contribution is 0.410. The van der Waals surface area contributed by atoms with Crippen LogP contribution in [0.5, 0.6) is 5.75 Å². The van der Waals surface area contributed by atoms with Crippen molar-refractivity contribution in [1.82, 2.24) is 15.2 Å². The van der Waals surface area contributed by atoms with Gasteiger partial charge in [-0.2, -0.15) is 10.1 Å². The fraction of sp³-hybridized carbons (Fsp3) is 0.118. The number of rotatable bonds is 6. The first kappa shape index (κ1) is 17.3. The number of nitrogens with zero attached hydrogens (tertiary/aromatic N) is 3. The van der Waals surface area contributed by atoms with Gasteiger partial charge in [0.25, 0.3) is 0 Å². The molecule has 2 aromatic carbocycles. The molecule has 8 heteroatoms. The van der Waals surface area contributed by atoms with Crippen LogP contribution < -0.4 is 15.4 Å². The maximum atomic E-state index is 6.00. The van der Waals surface area contributed by atoms with Crippen molar-refractivity contribution in [2.45, 2.75) is 6.54 Å². The summed E-state index contributed by atoms with van der Waals surface area (Å²) in [4.78, 5) is 4.38. The standard InChI is InChI=1S/C17H15Cl2N5O/c1-25-15-5-3-2-4-11(15)9-20-16-10-21-24-17(23-16)22-12-6-7-13(18)14(19)8-12/h2-8,10H,9H2,1H3,(H2,20,22,23,24). The summed E-state index contributed by atoms with van der Waals surface area (Å²) in [7, 11) is 1.64. The minimum Gasteiger partial charge on any atom is -0.496 e. The number of halogens is 2. The Balaban J connectivity index is 1.70. The quantitative estimate of drug-likeness (QED) is 0.658. The topological polar surface area (TPSA) is 72.0 Å². The summed E-state index contributed by atoms with van der Waals surface area (Å²) >= 11 is 11.9. The number of methoxy groups -OCH3 is 1. The summed E-state index contributed by atoms with van der Waals surface area (Å²) in [6.45, 7) is 0.551. The Kier molecular flexibility index (Phi) is 5.53. The molecule has 6 nitrogen and oxygen atoms in total. The van der Waals surface area contributed by atoms with Crippen molar-refractivity contribution in [3.63, 3.8) is 0 Å². The van der Waals surface area contributed by atoms with Gasteiger partial charge in [0.2, 0.25) is 5.95 Å². The smallest absolute Gasteiger partial charge is 0.249 e. The van der Waals surface area contributed by atoms with Crippen LogP contribution in [-0.2, 0) is 6.54 Å². The lowest BCUT2D eigenvalue weighted by Crippen LogP contribution is -2.06. The largest absolute Gasteiger partial charge is 0.496 e. The van der Waals surface area contributed by atoms with Gasteiger partial charge in [-0.25, -0.2) is 0 Å². The van der Waals surface area contributed by atoms with Crippen LogP contribution in [-0.4, -0.2) is 22.3 Å². The first-order valence-electron chi connectivity index (χ1n) is 7.43. The number of para-hydroxylation sites is 1. The molecule has 1 aromatic heterocycles. The summed E-state index contributed by atoms with van der Waals surface area (Å²) in [5.74, 6) is 1.75. The SMILES string of the molecule is COc1ccccc1CNc1cnnc(Nc2ccc(Cl)c(Cl)c2)n1. The molecule has 0 bridgehead atoms. The highest BCUT2D eigenvalue weighted by Crippen LogP contribution is 2.26. The van der Waals surface area contributed by atoms with Gasteiger partial charge in [-0.3, -0.25) is 0 Å². The normalized spacial score (nSPS) is 10.4. The molecule has 2 N–H and O–H groups in total. The third-order valence-corrected chi connectivity index (χ3v) is 4.13. The van der Waals surface area contributed by atoms with Crippen LogP contribution in [0, 0.1) is 0 Å². The van der Waals surface area contributed by atoms with Gasteiger partial charge >= 0.3 is 0 Å². The minimum absolute atomic E-state index is 0.350. The molecule has 0 radical (unpaired) electrons. The fourth-order valence-corrected chi connectivity index (χ4v) is 2.48. The Morgan fingerprint density at radius 3 is 2.72 bits per heavy atom. The fourth-order valence-electron chi connectivity index (χ4n) is 2.18. The van der Waals surface area contributed by atoms with E-state index in [1.807, 2.05) is 24.3 Å². The molecule has 0 atom stereocenters. The zero-order valence-electron chi connectivity index (χ0n) is 13.3. The van der Waals surface area contributed by atoms with Crippen molar-refractivity contribution in [2.24, 2.45) is 0 Å². The number of nitrogens with one attached hydrogen (secondary N) is 2. The predicted octanol–water partition coefficient (Wildman–Crippen LogP) is 4.54. The van der Waals surface area contributed by atoms with E-state index in [0.29, 0.717) is 28.4 Å². The van der Waals surface area contributed by atoms with Crippen LogP contribution in [0.25, 0.3) is 0 Å². The zero-order valence-corrected chi connectivity index (χ0v) is 14.8. The summed E-state index contributed by atoms with van der Waals surface area (Å²) in [5, 5.41) is 15.1. The summed E-state index contributed by atoms with van der Waals surface area (Å²) in [6.07, 6.45) is 1.55. The molecule has 0 amide bonds. The van der Waals surface area contributed by atoms with Crippen molar-refractivity contribution in [3.8, 4) is 5.75 Å². The van der Waals surface area contributed by atoms with Gasteiger partial charge in [-0.1, -0.05) is 41.4 Å². The van der Waals surface area contributed by atoms with Gasteiger partial charge in [0, 0.05) is 17.8 Å². The number of benzene rings is 2. The molecule has 1 heterocycles. The third kappa shape index (κ3) is 4.49. The van der Waals surface area contributed by atoms with Crippen molar-refractivity contribution in [2.75, 3.05) is 17.7 Å². The predicted molar refractivity (Wildman–Crippen MR) is 99.9 cm³/mol. The van der Waals surface area contributed by atoms with Crippen LogP contribution in [0.3, 0.4) is 0 Å². The van der Waals surface area contributed by atoms with Crippen LogP contribution in [0.15, 0.2) is 48.7 Å². The van der Waals surface area contributed by atoms with E-state index in [1.54, 1.807) is 31.5 Å². The van der Waals surface area contributed by atoms with Crippen LogP contribution in [0.4, 0.5) is 17.5 Å². The van der Waals surface area contributed by atoms with Crippen molar-refractivity contribution in [1.29, 1.82) is 0 Å². The maximum Gasteiger partial charge on any atom is 0.249 e. The van der Waals surface area contributed by atoms with Crippen LogP contribution >= 0.6 is 23.2 Å². The van der Waals surface area contributed by atoms with Crippen LogP contribution in [0.1, 0.15) is 5.56 Å². The van der Waals surface area contributed by atoms with Gasteiger partial charge < -0.3 is 15.4 Å². The van der Waals surface area contributed by atoms with E-state index in [-0.39, 0.29) is 0 Å². The molecular weight excluding hydrogens is 361 g/mol. The van der Waals surface area contributed by atoms with Gasteiger partial charge in [0.1, 0.15) is 5.75 Å². The summed E-state index contributed by atoms with van der Waals surface area (Å²) in [5.41, 5.74) is 1.74. The van der Waals surface area contributed by atoms with E-state index >= 15 is 0 Å². The Bertz CT molecular complexity index is 875. The molecule has 0 aliphatic carbocycles. The van der Waals surface area contributed by atoms with Crippen molar-refractivity contribution >= 4 is 40.7 Å². The molecule has 0 aliphatic heterocycles. The van der Waals surface area contributed by atoms with Gasteiger partial charge in [0.15, 0.2) is 5.82 Å². The monoisotopic (exact) mass is 375 g/mol. The zero-order chi connectivity index (χ0) is 17.6. The van der Waals surface area contributed by atoms with E-state index in [1.165, 1.54) is 0 Å². The van der Waals surface area contributed by atoms with Crippen molar-refractivity contribution < 1.29 is 4.74 Å². The molecule has 128 valence electrons. The number of hydrogen-bond donors (Lipinski definition) is 2. The number of aromatic nitrogens is 3. The molecule has 0 fully saturated rings. The Morgan fingerprint density at radius 1 is 1.08 bits per heavy atom. The first-order valence-corrected chi connectivity index (χ1v) is 8.19. The highest BCUT2D eigenvalue weighted by Gasteiger charge is 2.05. The molecule has 0 aliphatic rings. The second-order valence-corrected chi connectivity index (χ2v) is 5.90. The summed E-state index contributed by atoms with van der Waals surface area (Å²) < 4.78 is 5.33. The van der Waals surface area contributed by atoms with Gasteiger partial charge in [-0.15, -0.1) is 5.10 Å². The molecule has 3 rings (SSSR count). The molecule has 25 heavy (non-hydrogen) atoms. The molecule has 0 spiro atoms. The van der Waals surface area contributed by atoms with E-state index < -0.39 is 0 Å². The highest BCUT2D eigenvalue weighted by molar-refractivity contribution is 6.42. The van der Waals surface area contributed by atoms with Crippen LogP contribution in [0.2, 0.25) is 10.0 Å². The van der Waals surface area contributed by atoms with E-state index in [0.717, 1.165) is 17.0 Å². The molecule has 0 unspecified atom stereocenters. The Hall–Kier alpha value is -2.57. The van der Waals surface area contributed by atoms with E-state index in [9.17, 15) is 0 Å². The summed E-state index contributed by atoms with van der Waals surface area (Å²) in [6, 6.07) is 12.9.